The molecule has 100 valence electrons. The fourth-order valence-electron chi connectivity index (χ4n) is 2.61. The highest BCUT2D eigenvalue weighted by atomic mass is 16.1. The van der Waals surface area contributed by atoms with Gasteiger partial charge < -0.3 is 9.88 Å². The number of pyridine rings is 1. The van der Waals surface area contributed by atoms with Gasteiger partial charge in [0, 0.05) is 37.9 Å². The Balaban J connectivity index is 1.86. The van der Waals surface area contributed by atoms with Gasteiger partial charge in [0.15, 0.2) is 0 Å². The maximum Gasteiger partial charge on any atom is 0.250 e. The van der Waals surface area contributed by atoms with Gasteiger partial charge >= 0.3 is 0 Å². The highest BCUT2D eigenvalue weighted by molar-refractivity contribution is 4.93. The lowest BCUT2D eigenvalue weighted by Gasteiger charge is -2.24. The summed E-state index contributed by atoms with van der Waals surface area (Å²) >= 11 is 0. The van der Waals surface area contributed by atoms with Crippen molar-refractivity contribution >= 4 is 0 Å². The van der Waals surface area contributed by atoms with Crippen LogP contribution in [0, 0.1) is 0 Å². The first-order valence-corrected chi connectivity index (χ1v) is 6.91. The van der Waals surface area contributed by atoms with Crippen molar-refractivity contribution < 1.29 is 0 Å². The van der Waals surface area contributed by atoms with E-state index in [0.29, 0.717) is 6.04 Å². The summed E-state index contributed by atoms with van der Waals surface area (Å²) in [6, 6.07) is 5.98. The molecule has 1 N–H and O–H groups in total. The fraction of sp³-hybridized carbons (Fsp3) is 0.643. The highest BCUT2D eigenvalue weighted by Crippen LogP contribution is 2.15. The van der Waals surface area contributed by atoms with E-state index in [9.17, 15) is 4.79 Å². The van der Waals surface area contributed by atoms with Crippen LogP contribution in [-0.2, 0) is 6.54 Å². The summed E-state index contributed by atoms with van der Waals surface area (Å²) in [5.41, 5.74) is 0.0972. The molecule has 4 heteroatoms. The van der Waals surface area contributed by atoms with Crippen LogP contribution in [0.2, 0.25) is 0 Å². The number of hydrogen-bond donors (Lipinski definition) is 1. The van der Waals surface area contributed by atoms with Gasteiger partial charge in [-0.1, -0.05) is 13.0 Å². The van der Waals surface area contributed by atoms with E-state index in [1.54, 1.807) is 16.7 Å². The van der Waals surface area contributed by atoms with E-state index in [2.05, 4.69) is 17.1 Å². The lowest BCUT2D eigenvalue weighted by atomic mass is 10.2. The van der Waals surface area contributed by atoms with Crippen LogP contribution in [0.3, 0.4) is 0 Å². The molecule has 18 heavy (non-hydrogen) atoms. The van der Waals surface area contributed by atoms with Crippen LogP contribution in [0.25, 0.3) is 0 Å². The van der Waals surface area contributed by atoms with Crippen LogP contribution < -0.4 is 10.9 Å². The van der Waals surface area contributed by atoms with Gasteiger partial charge in [-0.05, 0) is 32.0 Å². The average Bonchev–Trinajstić information content (AvgIpc) is 2.83. The maximum absolute atomic E-state index is 11.6. The second kappa shape index (κ2) is 6.71. The van der Waals surface area contributed by atoms with Crippen molar-refractivity contribution in [1.29, 1.82) is 0 Å². The Labute approximate surface area is 109 Å². The van der Waals surface area contributed by atoms with Crippen molar-refractivity contribution in [2.75, 3.05) is 26.2 Å². The number of aromatic nitrogens is 1. The summed E-state index contributed by atoms with van der Waals surface area (Å²) in [7, 11) is 0. The summed E-state index contributed by atoms with van der Waals surface area (Å²) < 4.78 is 1.79. The van der Waals surface area contributed by atoms with Crippen LogP contribution in [0.4, 0.5) is 0 Å². The molecule has 0 aliphatic carbocycles. The zero-order chi connectivity index (χ0) is 12.8. The molecule has 1 aliphatic heterocycles. The molecule has 1 atom stereocenters. The van der Waals surface area contributed by atoms with E-state index in [-0.39, 0.29) is 5.56 Å². The van der Waals surface area contributed by atoms with Crippen LogP contribution in [0.5, 0.6) is 0 Å². The van der Waals surface area contributed by atoms with Gasteiger partial charge in [-0.15, -0.1) is 0 Å². The largest absolute Gasteiger partial charge is 0.315 e. The SMILES string of the molecule is CCNCC1CCCN1CCn1ccccc1=O. The van der Waals surface area contributed by atoms with Crippen molar-refractivity contribution in [2.45, 2.75) is 32.4 Å². The number of nitrogens with zero attached hydrogens (tertiary/aromatic N) is 2. The Morgan fingerprint density at radius 3 is 3.06 bits per heavy atom. The third-order valence-corrected chi connectivity index (χ3v) is 3.66. The van der Waals surface area contributed by atoms with E-state index in [1.165, 1.54) is 12.8 Å². The third kappa shape index (κ3) is 3.43. The normalized spacial score (nSPS) is 20.4. The monoisotopic (exact) mass is 249 g/mol. The number of hydrogen-bond acceptors (Lipinski definition) is 3. The minimum Gasteiger partial charge on any atom is -0.315 e. The van der Waals surface area contributed by atoms with Gasteiger partial charge in [0.2, 0.25) is 0 Å². The summed E-state index contributed by atoms with van der Waals surface area (Å²) in [6.07, 6.45) is 4.42. The van der Waals surface area contributed by atoms with Crippen molar-refractivity contribution in [2.24, 2.45) is 0 Å². The van der Waals surface area contributed by atoms with Gasteiger partial charge in [0.25, 0.3) is 5.56 Å². The summed E-state index contributed by atoms with van der Waals surface area (Å²) in [5, 5.41) is 3.42. The first-order valence-electron chi connectivity index (χ1n) is 6.91. The Bertz CT molecular complexity index is 416. The molecule has 4 nitrogen and oxygen atoms in total. The van der Waals surface area contributed by atoms with Crippen LogP contribution in [-0.4, -0.2) is 41.7 Å². The second-order valence-corrected chi connectivity index (χ2v) is 4.87. The molecule has 0 spiro atoms. The lowest BCUT2D eigenvalue weighted by molar-refractivity contribution is 0.238. The molecular weight excluding hydrogens is 226 g/mol. The van der Waals surface area contributed by atoms with Crippen LogP contribution in [0.15, 0.2) is 29.2 Å². The lowest BCUT2D eigenvalue weighted by Crippen LogP contribution is -2.40. The Kier molecular flexibility index (Phi) is 4.96. The van der Waals surface area contributed by atoms with Crippen molar-refractivity contribution in [1.82, 2.24) is 14.8 Å². The van der Waals surface area contributed by atoms with Crippen LogP contribution >= 0.6 is 0 Å². The number of likely N-dealkylation sites (N-methyl/N-ethyl adjacent to an activating group) is 1. The highest BCUT2D eigenvalue weighted by Gasteiger charge is 2.23. The Hall–Kier alpha value is -1.13. The predicted octanol–water partition coefficient (Wildman–Crippen LogP) is 0.922. The van der Waals surface area contributed by atoms with Crippen molar-refractivity contribution in [3.05, 3.63) is 34.7 Å². The van der Waals surface area contributed by atoms with Crippen molar-refractivity contribution in [3.8, 4) is 0 Å². The van der Waals surface area contributed by atoms with E-state index < -0.39 is 0 Å². The number of likely N-dealkylation sites (tertiary alicyclic amines) is 1. The minimum absolute atomic E-state index is 0.0972. The first kappa shape index (κ1) is 13.3. The van der Waals surface area contributed by atoms with E-state index in [0.717, 1.165) is 32.7 Å². The smallest absolute Gasteiger partial charge is 0.250 e. The first-order chi connectivity index (χ1) is 8.81. The molecular formula is C14H23N3O. The van der Waals surface area contributed by atoms with Gasteiger partial charge in [-0.3, -0.25) is 9.69 Å². The average molecular weight is 249 g/mol. The number of rotatable bonds is 6. The third-order valence-electron chi connectivity index (χ3n) is 3.66. The molecule has 0 saturated carbocycles. The van der Waals surface area contributed by atoms with E-state index in [4.69, 9.17) is 0 Å². The molecule has 1 aliphatic rings. The summed E-state index contributed by atoms with van der Waals surface area (Å²) in [6.45, 7) is 7.17. The quantitative estimate of drug-likeness (QED) is 0.814. The van der Waals surface area contributed by atoms with E-state index in [1.807, 2.05) is 12.3 Å². The molecule has 1 aromatic rings. The Morgan fingerprint density at radius 1 is 1.39 bits per heavy atom. The van der Waals surface area contributed by atoms with Gasteiger partial charge in [0.1, 0.15) is 0 Å². The molecule has 0 bridgehead atoms. The second-order valence-electron chi connectivity index (χ2n) is 4.87. The van der Waals surface area contributed by atoms with Gasteiger partial charge in [0.05, 0.1) is 0 Å². The zero-order valence-corrected chi connectivity index (χ0v) is 11.1. The number of nitrogens with one attached hydrogen (secondary N) is 1. The maximum atomic E-state index is 11.6. The zero-order valence-electron chi connectivity index (χ0n) is 11.1. The van der Waals surface area contributed by atoms with E-state index >= 15 is 0 Å². The molecule has 1 unspecified atom stereocenters. The summed E-state index contributed by atoms with van der Waals surface area (Å²) in [5.74, 6) is 0. The molecule has 0 radical (unpaired) electrons. The van der Waals surface area contributed by atoms with Gasteiger partial charge in [-0.2, -0.15) is 0 Å². The summed E-state index contributed by atoms with van der Waals surface area (Å²) in [4.78, 5) is 14.1. The predicted molar refractivity (Wildman–Crippen MR) is 73.8 cm³/mol. The van der Waals surface area contributed by atoms with Gasteiger partial charge in [-0.25, -0.2) is 0 Å². The molecule has 2 rings (SSSR count). The molecule has 1 aromatic heterocycles. The molecule has 1 saturated heterocycles. The Morgan fingerprint density at radius 2 is 2.28 bits per heavy atom. The molecule has 2 heterocycles. The van der Waals surface area contributed by atoms with Crippen LogP contribution in [0.1, 0.15) is 19.8 Å². The molecule has 1 fully saturated rings. The van der Waals surface area contributed by atoms with Crippen molar-refractivity contribution in [3.63, 3.8) is 0 Å². The standard InChI is InChI=1S/C14H23N3O/c1-2-15-12-13-6-5-9-16(13)10-11-17-8-4-3-7-14(17)18/h3-4,7-8,13,15H,2,5-6,9-12H2,1H3. The molecule has 0 amide bonds. The topological polar surface area (TPSA) is 37.3 Å². The molecule has 0 aromatic carbocycles. The fourth-order valence-corrected chi connectivity index (χ4v) is 2.61. The minimum atomic E-state index is 0.0972.